The van der Waals surface area contributed by atoms with Gasteiger partial charge >= 0.3 is 0 Å². The first kappa shape index (κ1) is 22.2. The van der Waals surface area contributed by atoms with Gasteiger partial charge in [-0.05, 0) is 28.8 Å². The van der Waals surface area contributed by atoms with Crippen LogP contribution in [-0.2, 0) is 5.54 Å². The summed E-state index contributed by atoms with van der Waals surface area (Å²) >= 11 is 0. The molecule has 0 radical (unpaired) electrons. The molecular weight excluding hydrogens is 409 g/mol. The first-order valence-electron chi connectivity index (χ1n) is 11.1. The molecule has 3 aromatic carbocycles. The highest BCUT2D eigenvalue weighted by Gasteiger charge is 2.38. The molecule has 0 amide bonds. The first-order valence-corrected chi connectivity index (χ1v) is 11.1. The Kier molecular flexibility index (Phi) is 6.75. The van der Waals surface area contributed by atoms with Crippen LogP contribution in [0, 0.1) is 5.95 Å². The molecule has 0 atom stereocenters. The van der Waals surface area contributed by atoms with Crippen LogP contribution in [0.1, 0.15) is 30.5 Å². The third kappa shape index (κ3) is 4.20. The highest BCUT2D eigenvalue weighted by molar-refractivity contribution is 5.58. The molecule has 0 aliphatic carbocycles. The van der Waals surface area contributed by atoms with E-state index in [1.54, 1.807) is 6.07 Å². The number of nitrogens with zero attached hydrogens (tertiary/aromatic N) is 3. The zero-order valence-corrected chi connectivity index (χ0v) is 18.8. The van der Waals surface area contributed by atoms with Gasteiger partial charge in [-0.25, -0.2) is 9.97 Å². The smallest absolute Gasteiger partial charge is 0.212 e. The third-order valence-electron chi connectivity index (χ3n) is 5.57. The molecule has 4 heteroatoms. The maximum absolute atomic E-state index is 13.3. The Morgan fingerprint density at radius 3 is 1.55 bits per heavy atom. The Morgan fingerprint density at radius 2 is 1.12 bits per heavy atom. The summed E-state index contributed by atoms with van der Waals surface area (Å²) in [6, 6.07) is 34.3. The van der Waals surface area contributed by atoms with Crippen LogP contribution in [0.15, 0.2) is 122 Å². The Labute approximate surface area is 194 Å². The molecule has 2 heterocycles. The fourth-order valence-corrected chi connectivity index (χ4v) is 4.17. The van der Waals surface area contributed by atoms with Crippen LogP contribution >= 0.6 is 0 Å². The fraction of sp³-hybridized carbons (Fsp3) is 0.103. The van der Waals surface area contributed by atoms with Gasteiger partial charge < -0.3 is 4.57 Å². The average molecular weight is 436 g/mol. The predicted octanol–water partition coefficient (Wildman–Crippen LogP) is 6.95. The summed E-state index contributed by atoms with van der Waals surface area (Å²) in [7, 11) is 0. The molecule has 0 aliphatic heterocycles. The Hall–Kier alpha value is -4.05. The minimum Gasteiger partial charge on any atom is -0.318 e. The van der Waals surface area contributed by atoms with Crippen molar-refractivity contribution in [2.75, 3.05) is 0 Å². The van der Waals surface area contributed by atoms with Crippen LogP contribution in [0.25, 0.3) is 11.3 Å². The van der Waals surface area contributed by atoms with E-state index in [9.17, 15) is 4.39 Å². The van der Waals surface area contributed by atoms with Gasteiger partial charge in [-0.3, -0.25) is 0 Å². The van der Waals surface area contributed by atoms with Crippen LogP contribution in [0.3, 0.4) is 0 Å². The molecule has 33 heavy (non-hydrogen) atoms. The molecule has 0 bridgehead atoms. The number of rotatable bonds is 5. The van der Waals surface area contributed by atoms with Crippen molar-refractivity contribution in [2.24, 2.45) is 0 Å². The van der Waals surface area contributed by atoms with Gasteiger partial charge in [0.05, 0.1) is 12.0 Å². The lowest BCUT2D eigenvalue weighted by atomic mass is 9.77. The minimum atomic E-state index is -0.623. The molecule has 0 unspecified atom stereocenters. The van der Waals surface area contributed by atoms with Crippen LogP contribution < -0.4 is 0 Å². The molecule has 5 rings (SSSR count). The first-order chi connectivity index (χ1) is 16.3. The average Bonchev–Trinajstić information content (AvgIpc) is 3.39. The lowest BCUT2D eigenvalue weighted by Gasteiger charge is -2.37. The summed E-state index contributed by atoms with van der Waals surface area (Å²) in [5.41, 5.74) is 4.24. The predicted molar refractivity (Wildman–Crippen MR) is 131 cm³/mol. The zero-order valence-electron chi connectivity index (χ0n) is 18.8. The van der Waals surface area contributed by atoms with Gasteiger partial charge in [-0.2, -0.15) is 4.39 Å². The van der Waals surface area contributed by atoms with E-state index in [0.29, 0.717) is 0 Å². The molecule has 0 saturated carbocycles. The molecule has 0 aliphatic rings. The molecular formula is C29H26FN3. The molecule has 2 aromatic heterocycles. The molecule has 0 spiro atoms. The quantitative estimate of drug-likeness (QED) is 0.221. The van der Waals surface area contributed by atoms with Crippen LogP contribution in [0.2, 0.25) is 0 Å². The van der Waals surface area contributed by atoms with Crippen molar-refractivity contribution in [2.45, 2.75) is 19.4 Å². The van der Waals surface area contributed by atoms with Crippen LogP contribution in [0.5, 0.6) is 0 Å². The van der Waals surface area contributed by atoms with E-state index in [-0.39, 0.29) is 0 Å². The lowest BCUT2D eigenvalue weighted by Crippen LogP contribution is -2.36. The van der Waals surface area contributed by atoms with Crippen molar-refractivity contribution in [3.63, 3.8) is 0 Å². The van der Waals surface area contributed by atoms with Crippen molar-refractivity contribution in [3.05, 3.63) is 144 Å². The molecule has 164 valence electrons. The van der Waals surface area contributed by atoms with E-state index in [1.807, 2.05) is 44.6 Å². The monoisotopic (exact) mass is 435 g/mol. The number of pyridine rings is 1. The Balaban J connectivity index is 0.00000126. The normalized spacial score (nSPS) is 10.9. The molecule has 0 saturated heterocycles. The van der Waals surface area contributed by atoms with E-state index in [4.69, 9.17) is 0 Å². The molecule has 0 N–H and O–H groups in total. The summed E-state index contributed by atoms with van der Waals surface area (Å²) in [6.07, 6.45) is 5.35. The van der Waals surface area contributed by atoms with E-state index in [0.717, 1.165) is 27.9 Å². The van der Waals surface area contributed by atoms with Gasteiger partial charge in [0.2, 0.25) is 5.95 Å². The van der Waals surface area contributed by atoms with Gasteiger partial charge in [0.1, 0.15) is 5.54 Å². The summed E-state index contributed by atoms with van der Waals surface area (Å²) in [4.78, 5) is 8.44. The number of halogens is 1. The van der Waals surface area contributed by atoms with Crippen molar-refractivity contribution in [1.82, 2.24) is 14.5 Å². The third-order valence-corrected chi connectivity index (χ3v) is 5.57. The fourth-order valence-electron chi connectivity index (χ4n) is 4.17. The minimum absolute atomic E-state index is 0.504. The van der Waals surface area contributed by atoms with E-state index >= 15 is 0 Å². The van der Waals surface area contributed by atoms with Gasteiger partial charge in [-0.15, -0.1) is 0 Å². The van der Waals surface area contributed by atoms with E-state index in [1.165, 1.54) is 12.3 Å². The molecule has 0 fully saturated rings. The van der Waals surface area contributed by atoms with Gasteiger partial charge in [0.25, 0.3) is 0 Å². The van der Waals surface area contributed by atoms with Gasteiger partial charge in [-0.1, -0.05) is 105 Å². The molecule has 5 aromatic rings. The maximum Gasteiger partial charge on any atom is 0.212 e. The van der Waals surface area contributed by atoms with Crippen molar-refractivity contribution in [3.8, 4) is 11.3 Å². The number of benzene rings is 3. The van der Waals surface area contributed by atoms with Crippen molar-refractivity contribution < 1.29 is 4.39 Å². The summed E-state index contributed by atoms with van der Waals surface area (Å²) < 4.78 is 15.5. The largest absolute Gasteiger partial charge is 0.318 e. The van der Waals surface area contributed by atoms with Crippen molar-refractivity contribution >= 4 is 0 Å². The standard InChI is InChI=1S/C27H20FN3.C2H6/c28-26-17-16-21(18-29-26)25-19-31(20-30-25)27(22-10-4-1-5-11-22,23-12-6-2-7-13-23)24-14-8-3-9-15-24;1-2/h1-20H;1-2H3. The topological polar surface area (TPSA) is 30.7 Å². The second-order valence-corrected chi connectivity index (χ2v) is 7.34. The zero-order chi connectivity index (χ0) is 23.1. The van der Waals surface area contributed by atoms with Crippen LogP contribution in [0.4, 0.5) is 4.39 Å². The van der Waals surface area contributed by atoms with Crippen molar-refractivity contribution in [1.29, 1.82) is 0 Å². The van der Waals surface area contributed by atoms with Gasteiger partial charge in [0.15, 0.2) is 0 Å². The number of hydrogen-bond donors (Lipinski definition) is 0. The highest BCUT2D eigenvalue weighted by atomic mass is 19.1. The highest BCUT2D eigenvalue weighted by Crippen LogP contribution is 2.41. The number of imidazole rings is 1. The maximum atomic E-state index is 13.3. The SMILES string of the molecule is CC.Fc1ccc(-c2cn(C(c3ccccc3)(c3ccccc3)c3ccccc3)cn2)cn1. The summed E-state index contributed by atoms with van der Waals surface area (Å²) in [5.74, 6) is -0.504. The Bertz CT molecular complexity index is 1170. The second kappa shape index (κ2) is 10.0. The number of hydrogen-bond acceptors (Lipinski definition) is 2. The summed E-state index contributed by atoms with van der Waals surface area (Å²) in [6.45, 7) is 4.00. The number of aromatic nitrogens is 3. The summed E-state index contributed by atoms with van der Waals surface area (Å²) in [5, 5.41) is 0. The Morgan fingerprint density at radius 1 is 0.636 bits per heavy atom. The lowest BCUT2D eigenvalue weighted by molar-refractivity contribution is 0.515. The second-order valence-electron chi connectivity index (χ2n) is 7.34. The van der Waals surface area contributed by atoms with Gasteiger partial charge in [0, 0.05) is 18.0 Å². The van der Waals surface area contributed by atoms with Crippen LogP contribution in [-0.4, -0.2) is 14.5 Å². The molecule has 3 nitrogen and oxygen atoms in total. The van der Waals surface area contributed by atoms with E-state index < -0.39 is 11.5 Å². The van der Waals surface area contributed by atoms with E-state index in [2.05, 4.69) is 87.3 Å².